The van der Waals surface area contributed by atoms with Crippen molar-refractivity contribution in [3.63, 3.8) is 0 Å². The van der Waals surface area contributed by atoms with E-state index in [9.17, 15) is 9.59 Å². The minimum atomic E-state index is -0.603. The van der Waals surface area contributed by atoms with Crippen LogP contribution in [-0.2, 0) is 9.53 Å². The van der Waals surface area contributed by atoms with Crippen LogP contribution in [0, 0.1) is 20.8 Å². The van der Waals surface area contributed by atoms with Crippen LogP contribution in [0.15, 0.2) is 22.7 Å². The molecule has 1 heterocycles. The first-order valence-electron chi connectivity index (χ1n) is 7.80. The number of hydrogen-bond acceptors (Lipinski definition) is 5. The molecule has 0 radical (unpaired) electrons. The van der Waals surface area contributed by atoms with Gasteiger partial charge in [-0.1, -0.05) is 31.1 Å². The van der Waals surface area contributed by atoms with Crippen molar-refractivity contribution in [2.45, 2.75) is 40.5 Å². The van der Waals surface area contributed by atoms with E-state index in [1.54, 1.807) is 6.92 Å². The molecular formula is C18H22N2O4. The molecular weight excluding hydrogens is 308 g/mol. The minimum Gasteiger partial charge on any atom is -0.452 e. The van der Waals surface area contributed by atoms with Gasteiger partial charge in [0.2, 0.25) is 0 Å². The lowest BCUT2D eigenvalue weighted by atomic mass is 10.1. The van der Waals surface area contributed by atoms with E-state index in [1.807, 2.05) is 45.9 Å². The summed E-state index contributed by atoms with van der Waals surface area (Å²) in [6, 6.07) is 5.76. The highest BCUT2D eigenvalue weighted by molar-refractivity contribution is 5.96. The summed E-state index contributed by atoms with van der Waals surface area (Å²) in [4.78, 5) is 24.3. The molecule has 128 valence electrons. The van der Waals surface area contributed by atoms with E-state index >= 15 is 0 Å². The highest BCUT2D eigenvalue weighted by Crippen LogP contribution is 2.23. The van der Waals surface area contributed by atoms with E-state index < -0.39 is 11.9 Å². The molecule has 0 atom stereocenters. The fraction of sp³-hybridized carbons (Fsp3) is 0.389. The Hall–Kier alpha value is -2.63. The highest BCUT2D eigenvalue weighted by Gasteiger charge is 2.24. The van der Waals surface area contributed by atoms with Gasteiger partial charge in [0.25, 0.3) is 5.91 Å². The molecule has 0 fully saturated rings. The monoisotopic (exact) mass is 330 g/mol. The zero-order valence-corrected chi connectivity index (χ0v) is 14.6. The summed E-state index contributed by atoms with van der Waals surface area (Å²) in [6.45, 7) is 8.93. The van der Waals surface area contributed by atoms with Crippen molar-refractivity contribution in [2.75, 3.05) is 11.9 Å². The molecule has 1 N–H and O–H groups in total. The number of anilines is 1. The van der Waals surface area contributed by atoms with Gasteiger partial charge in [-0.15, -0.1) is 0 Å². The molecule has 24 heavy (non-hydrogen) atoms. The van der Waals surface area contributed by atoms with Gasteiger partial charge in [-0.05, 0) is 38.0 Å². The zero-order chi connectivity index (χ0) is 17.9. The lowest BCUT2D eigenvalue weighted by Gasteiger charge is -2.10. The predicted molar refractivity (Wildman–Crippen MR) is 90.2 cm³/mol. The van der Waals surface area contributed by atoms with Crippen molar-refractivity contribution in [2.24, 2.45) is 0 Å². The van der Waals surface area contributed by atoms with Gasteiger partial charge in [-0.3, -0.25) is 4.79 Å². The lowest BCUT2D eigenvalue weighted by Crippen LogP contribution is -2.22. The summed E-state index contributed by atoms with van der Waals surface area (Å²) >= 11 is 0. The van der Waals surface area contributed by atoms with E-state index in [2.05, 4.69) is 10.5 Å². The number of hydrogen-bond donors (Lipinski definition) is 1. The second-order valence-electron chi connectivity index (χ2n) is 6.10. The number of aryl methyl sites for hydroxylation is 3. The van der Waals surface area contributed by atoms with E-state index in [4.69, 9.17) is 9.26 Å². The number of nitrogens with zero attached hydrogens (tertiary/aromatic N) is 1. The van der Waals surface area contributed by atoms with Crippen molar-refractivity contribution in [3.8, 4) is 0 Å². The van der Waals surface area contributed by atoms with Gasteiger partial charge in [-0.2, -0.15) is 0 Å². The molecule has 0 unspecified atom stereocenters. The number of amides is 1. The molecule has 0 saturated carbocycles. The van der Waals surface area contributed by atoms with Gasteiger partial charge < -0.3 is 14.6 Å². The van der Waals surface area contributed by atoms with Crippen LogP contribution in [0.4, 0.5) is 5.69 Å². The Bertz CT molecular complexity index is 762. The number of rotatable bonds is 5. The minimum absolute atomic E-state index is 0.00230. The van der Waals surface area contributed by atoms with E-state index in [0.29, 0.717) is 22.7 Å². The summed E-state index contributed by atoms with van der Waals surface area (Å²) in [6.07, 6.45) is 0. The molecule has 2 aromatic rings. The fourth-order valence-electron chi connectivity index (χ4n) is 2.29. The first-order valence-corrected chi connectivity index (χ1v) is 7.80. The maximum absolute atomic E-state index is 12.2. The molecule has 6 nitrogen and oxygen atoms in total. The number of carbonyl (C=O) groups excluding carboxylic acids is 2. The van der Waals surface area contributed by atoms with Gasteiger partial charge in [0.05, 0.1) is 5.69 Å². The lowest BCUT2D eigenvalue weighted by molar-refractivity contribution is -0.119. The topological polar surface area (TPSA) is 81.4 Å². The number of ether oxygens (including phenoxy) is 1. The van der Waals surface area contributed by atoms with E-state index in [1.165, 1.54) is 0 Å². The van der Waals surface area contributed by atoms with Gasteiger partial charge in [0, 0.05) is 11.6 Å². The molecule has 0 aliphatic rings. The van der Waals surface area contributed by atoms with Crippen LogP contribution in [0.5, 0.6) is 0 Å². The van der Waals surface area contributed by atoms with Gasteiger partial charge >= 0.3 is 5.97 Å². The molecule has 0 saturated heterocycles. The number of carbonyl (C=O) groups is 2. The summed E-state index contributed by atoms with van der Waals surface area (Å²) < 4.78 is 10.3. The second kappa shape index (κ2) is 7.29. The van der Waals surface area contributed by atoms with Crippen molar-refractivity contribution < 1.29 is 18.8 Å². The van der Waals surface area contributed by atoms with Crippen molar-refractivity contribution in [1.82, 2.24) is 5.16 Å². The quantitative estimate of drug-likeness (QED) is 0.848. The summed E-state index contributed by atoms with van der Waals surface area (Å²) in [5, 5.41) is 6.55. The Morgan fingerprint density at radius 3 is 2.62 bits per heavy atom. The number of nitrogens with one attached hydrogen (secondary N) is 1. The molecule has 0 bridgehead atoms. The van der Waals surface area contributed by atoms with Crippen molar-refractivity contribution in [1.29, 1.82) is 0 Å². The molecule has 2 rings (SSSR count). The third-order valence-electron chi connectivity index (χ3n) is 3.62. The normalized spacial score (nSPS) is 10.8. The predicted octanol–water partition coefficient (Wildman–Crippen LogP) is 3.52. The van der Waals surface area contributed by atoms with Gasteiger partial charge in [0.1, 0.15) is 5.56 Å². The standard InChI is InChI=1S/C18H22N2O4/c1-10(2)17-16(13(5)20-24-17)18(22)23-9-15(21)19-14-8-11(3)6-7-12(14)4/h6-8,10H,9H2,1-5H3,(H,19,21). The smallest absolute Gasteiger partial charge is 0.344 e. The average molecular weight is 330 g/mol. The third-order valence-corrected chi connectivity index (χ3v) is 3.62. The Kier molecular flexibility index (Phi) is 5.39. The molecule has 1 aromatic heterocycles. The van der Waals surface area contributed by atoms with Crippen molar-refractivity contribution >= 4 is 17.6 Å². The largest absolute Gasteiger partial charge is 0.452 e. The SMILES string of the molecule is Cc1ccc(C)c(NC(=O)COC(=O)c2c(C)noc2C(C)C)c1. The first kappa shape index (κ1) is 17.7. The van der Waals surface area contributed by atoms with E-state index in [-0.39, 0.29) is 12.5 Å². The van der Waals surface area contributed by atoms with Gasteiger partial charge in [0.15, 0.2) is 12.4 Å². The molecule has 6 heteroatoms. The number of aromatic nitrogens is 1. The second-order valence-corrected chi connectivity index (χ2v) is 6.10. The summed E-state index contributed by atoms with van der Waals surface area (Å²) in [5.74, 6) is -0.532. The Balaban J connectivity index is 2.00. The molecule has 0 spiro atoms. The Labute approximate surface area is 141 Å². The molecule has 1 aromatic carbocycles. The number of esters is 1. The first-order chi connectivity index (χ1) is 11.3. The molecule has 1 amide bonds. The van der Waals surface area contributed by atoms with Crippen LogP contribution in [0.25, 0.3) is 0 Å². The maximum Gasteiger partial charge on any atom is 0.344 e. The van der Waals surface area contributed by atoms with Crippen molar-refractivity contribution in [3.05, 3.63) is 46.3 Å². The maximum atomic E-state index is 12.2. The Morgan fingerprint density at radius 2 is 1.96 bits per heavy atom. The average Bonchev–Trinajstić information content (AvgIpc) is 2.90. The molecule has 0 aliphatic carbocycles. The van der Waals surface area contributed by atoms with Gasteiger partial charge in [-0.25, -0.2) is 4.79 Å². The summed E-state index contributed by atoms with van der Waals surface area (Å²) in [7, 11) is 0. The third kappa shape index (κ3) is 4.01. The molecule has 0 aliphatic heterocycles. The highest BCUT2D eigenvalue weighted by atomic mass is 16.5. The number of benzene rings is 1. The van der Waals surface area contributed by atoms with Crippen LogP contribution in [0.3, 0.4) is 0 Å². The van der Waals surface area contributed by atoms with E-state index in [0.717, 1.165) is 11.1 Å². The van der Waals surface area contributed by atoms with Crippen LogP contribution in [0.2, 0.25) is 0 Å². The summed E-state index contributed by atoms with van der Waals surface area (Å²) in [5.41, 5.74) is 3.44. The van der Waals surface area contributed by atoms with Crippen LogP contribution in [-0.4, -0.2) is 23.6 Å². The van der Waals surface area contributed by atoms with Crippen LogP contribution >= 0.6 is 0 Å². The fourth-order valence-corrected chi connectivity index (χ4v) is 2.29. The zero-order valence-electron chi connectivity index (χ0n) is 14.6. The van der Waals surface area contributed by atoms with Crippen LogP contribution < -0.4 is 5.32 Å². The van der Waals surface area contributed by atoms with Crippen LogP contribution in [0.1, 0.15) is 52.7 Å². The Morgan fingerprint density at radius 1 is 1.25 bits per heavy atom.